The van der Waals surface area contributed by atoms with Crippen LogP contribution in [0.3, 0.4) is 0 Å². The van der Waals surface area contributed by atoms with Gasteiger partial charge in [0, 0.05) is 16.6 Å². The zero-order valence-electron chi connectivity index (χ0n) is 11.6. The Bertz CT molecular complexity index is 1020. The summed E-state index contributed by atoms with van der Waals surface area (Å²) in [5, 5.41) is 6.68. The monoisotopic (exact) mass is 301 g/mol. The molecule has 0 bridgehead atoms. The Morgan fingerprint density at radius 2 is 1.77 bits per heavy atom. The van der Waals surface area contributed by atoms with Crippen LogP contribution in [0.15, 0.2) is 65.7 Å². The summed E-state index contributed by atoms with van der Waals surface area (Å²) in [5.41, 5.74) is 3.26. The Morgan fingerprint density at radius 1 is 0.909 bits per heavy atom. The Hall–Kier alpha value is -2.72. The summed E-state index contributed by atoms with van der Waals surface area (Å²) in [5.74, 6) is 0.880. The number of hydrogen-bond acceptors (Lipinski definition) is 3. The maximum absolute atomic E-state index is 4.75. The lowest BCUT2D eigenvalue weighted by Gasteiger charge is -1.98. The molecular formula is C18H11N3S. The molecule has 1 aliphatic rings. The molecule has 3 nitrogen and oxygen atoms in total. The van der Waals surface area contributed by atoms with Crippen molar-refractivity contribution in [1.29, 1.82) is 0 Å². The number of hydrogen-bond donors (Lipinski definition) is 1. The number of fused-ring (bicyclic) bond motifs is 1. The molecule has 0 unspecified atom stereocenters. The number of nitrogens with one attached hydrogen (secondary N) is 1. The lowest BCUT2D eigenvalue weighted by atomic mass is 10.1. The highest BCUT2D eigenvalue weighted by Gasteiger charge is 2.19. The van der Waals surface area contributed by atoms with Gasteiger partial charge in [0.1, 0.15) is 5.84 Å². The fourth-order valence-corrected chi connectivity index (χ4v) is 3.77. The number of anilines is 1. The summed E-state index contributed by atoms with van der Waals surface area (Å²) in [6, 6.07) is 20.7. The van der Waals surface area contributed by atoms with E-state index in [1.54, 1.807) is 11.3 Å². The number of para-hydroxylation sites is 1. The molecule has 1 aliphatic heterocycles. The molecule has 0 fully saturated rings. The second kappa shape index (κ2) is 4.39. The summed E-state index contributed by atoms with van der Waals surface area (Å²) >= 11 is 1.61. The maximum Gasteiger partial charge on any atom is 0.212 e. The SMILES string of the molecule is c1cc2c3c(cccc3c1)/C(=N/c1nc3ccccc3s1)N2. The van der Waals surface area contributed by atoms with E-state index in [-0.39, 0.29) is 0 Å². The van der Waals surface area contributed by atoms with Gasteiger partial charge in [0.15, 0.2) is 0 Å². The molecule has 0 amide bonds. The van der Waals surface area contributed by atoms with Gasteiger partial charge in [-0.25, -0.2) is 9.98 Å². The number of rotatable bonds is 1. The van der Waals surface area contributed by atoms with Gasteiger partial charge in [-0.3, -0.25) is 0 Å². The van der Waals surface area contributed by atoms with E-state index in [1.807, 2.05) is 18.2 Å². The third kappa shape index (κ3) is 1.68. The average molecular weight is 301 g/mol. The fourth-order valence-electron chi connectivity index (χ4n) is 2.93. The third-order valence-electron chi connectivity index (χ3n) is 3.90. The van der Waals surface area contributed by atoms with Crippen molar-refractivity contribution in [2.45, 2.75) is 0 Å². The normalized spacial score (nSPS) is 14.8. The van der Waals surface area contributed by atoms with E-state index < -0.39 is 0 Å². The number of benzene rings is 3. The lowest BCUT2D eigenvalue weighted by Crippen LogP contribution is -2.06. The van der Waals surface area contributed by atoms with Crippen molar-refractivity contribution in [3.63, 3.8) is 0 Å². The van der Waals surface area contributed by atoms with Crippen molar-refractivity contribution >= 4 is 49.0 Å². The van der Waals surface area contributed by atoms with Crippen molar-refractivity contribution < 1.29 is 0 Å². The fraction of sp³-hybridized carbons (Fsp3) is 0. The molecule has 0 radical (unpaired) electrons. The lowest BCUT2D eigenvalue weighted by molar-refractivity contribution is 1.40. The molecule has 3 aromatic carbocycles. The number of thiazole rings is 1. The summed E-state index contributed by atoms with van der Waals surface area (Å²) in [6.07, 6.45) is 0. The molecule has 22 heavy (non-hydrogen) atoms. The first-order valence-corrected chi connectivity index (χ1v) is 7.93. The van der Waals surface area contributed by atoms with Gasteiger partial charge in [-0.1, -0.05) is 53.8 Å². The molecule has 2 heterocycles. The van der Waals surface area contributed by atoms with Gasteiger partial charge >= 0.3 is 0 Å². The Balaban J connectivity index is 1.70. The van der Waals surface area contributed by atoms with Gasteiger partial charge in [0.05, 0.1) is 10.2 Å². The van der Waals surface area contributed by atoms with E-state index in [9.17, 15) is 0 Å². The van der Waals surface area contributed by atoms with Crippen LogP contribution in [0.4, 0.5) is 10.8 Å². The van der Waals surface area contributed by atoms with Gasteiger partial charge in [-0.05, 0) is 23.6 Å². The van der Waals surface area contributed by atoms with Crippen LogP contribution in [0.2, 0.25) is 0 Å². The number of aromatic nitrogens is 1. The van der Waals surface area contributed by atoms with Crippen molar-refractivity contribution in [3.05, 3.63) is 66.2 Å². The van der Waals surface area contributed by atoms with Crippen LogP contribution in [0.1, 0.15) is 5.56 Å². The Labute approximate surface area is 131 Å². The second-order valence-electron chi connectivity index (χ2n) is 5.26. The van der Waals surface area contributed by atoms with E-state index >= 15 is 0 Å². The van der Waals surface area contributed by atoms with Crippen LogP contribution in [0, 0.1) is 0 Å². The molecular weight excluding hydrogens is 290 g/mol. The maximum atomic E-state index is 4.75. The van der Waals surface area contributed by atoms with Crippen LogP contribution >= 0.6 is 11.3 Å². The van der Waals surface area contributed by atoms with Crippen LogP contribution < -0.4 is 5.32 Å². The minimum Gasteiger partial charge on any atom is -0.339 e. The Morgan fingerprint density at radius 3 is 2.68 bits per heavy atom. The van der Waals surface area contributed by atoms with Crippen molar-refractivity contribution in [2.24, 2.45) is 4.99 Å². The van der Waals surface area contributed by atoms with Crippen LogP contribution in [-0.2, 0) is 0 Å². The van der Waals surface area contributed by atoms with Crippen LogP contribution in [-0.4, -0.2) is 10.8 Å². The quantitative estimate of drug-likeness (QED) is 0.540. The molecule has 0 saturated carbocycles. The summed E-state index contributed by atoms with van der Waals surface area (Å²) in [4.78, 5) is 9.34. The molecule has 5 rings (SSSR count). The van der Waals surface area contributed by atoms with Crippen LogP contribution in [0.5, 0.6) is 0 Å². The van der Waals surface area contributed by atoms with Crippen molar-refractivity contribution in [2.75, 3.05) is 5.32 Å². The van der Waals surface area contributed by atoms with E-state index in [0.29, 0.717) is 0 Å². The zero-order chi connectivity index (χ0) is 14.5. The van der Waals surface area contributed by atoms with E-state index in [1.165, 1.54) is 10.8 Å². The summed E-state index contributed by atoms with van der Waals surface area (Å²) in [7, 11) is 0. The minimum atomic E-state index is 0.786. The second-order valence-corrected chi connectivity index (χ2v) is 6.27. The Kier molecular flexibility index (Phi) is 2.37. The highest BCUT2D eigenvalue weighted by atomic mass is 32.1. The number of nitrogens with zero attached hydrogens (tertiary/aromatic N) is 2. The number of aliphatic imine (C=N–C) groups is 1. The standard InChI is InChI=1S/C18H11N3S/c1-2-10-15-13(8-1)20-18(22-15)21-17-12-7-3-5-11-6-4-9-14(19-17)16(11)12/h1-10H,(H,19,20,21). The van der Waals surface area contributed by atoms with Gasteiger partial charge in [-0.2, -0.15) is 0 Å². The molecule has 4 heteroatoms. The van der Waals surface area contributed by atoms with E-state index in [2.05, 4.69) is 52.8 Å². The van der Waals surface area contributed by atoms with Crippen molar-refractivity contribution in [1.82, 2.24) is 4.98 Å². The molecule has 1 aromatic heterocycles. The molecule has 0 spiro atoms. The molecule has 4 aromatic rings. The molecule has 1 N–H and O–H groups in total. The molecule has 0 atom stereocenters. The first kappa shape index (κ1) is 11.9. The number of amidine groups is 1. The molecule has 104 valence electrons. The highest BCUT2D eigenvalue weighted by Crippen LogP contribution is 2.35. The van der Waals surface area contributed by atoms with Gasteiger partial charge in [0.2, 0.25) is 5.13 Å². The average Bonchev–Trinajstić information content (AvgIpc) is 3.11. The summed E-state index contributed by atoms with van der Waals surface area (Å²) < 4.78 is 1.16. The van der Waals surface area contributed by atoms with Gasteiger partial charge < -0.3 is 5.32 Å². The molecule has 0 aliphatic carbocycles. The predicted octanol–water partition coefficient (Wildman–Crippen LogP) is 4.95. The van der Waals surface area contributed by atoms with E-state index in [0.717, 1.165) is 32.4 Å². The topological polar surface area (TPSA) is 37.3 Å². The molecule has 0 saturated heterocycles. The third-order valence-corrected chi connectivity index (χ3v) is 4.83. The highest BCUT2D eigenvalue weighted by molar-refractivity contribution is 7.22. The van der Waals surface area contributed by atoms with Crippen LogP contribution in [0.25, 0.3) is 21.0 Å². The largest absolute Gasteiger partial charge is 0.339 e. The van der Waals surface area contributed by atoms with Gasteiger partial charge in [-0.15, -0.1) is 0 Å². The zero-order valence-corrected chi connectivity index (χ0v) is 12.4. The predicted molar refractivity (Wildman–Crippen MR) is 93.4 cm³/mol. The summed E-state index contributed by atoms with van der Waals surface area (Å²) in [6.45, 7) is 0. The smallest absolute Gasteiger partial charge is 0.212 e. The first-order chi connectivity index (χ1) is 10.9. The van der Waals surface area contributed by atoms with Crippen molar-refractivity contribution in [3.8, 4) is 0 Å². The minimum absolute atomic E-state index is 0.786. The first-order valence-electron chi connectivity index (χ1n) is 7.12. The van der Waals surface area contributed by atoms with E-state index in [4.69, 9.17) is 4.99 Å². The van der Waals surface area contributed by atoms with Gasteiger partial charge in [0.25, 0.3) is 0 Å².